The van der Waals surface area contributed by atoms with E-state index in [1.165, 1.54) is 6.08 Å². The monoisotopic (exact) mass is 233 g/mol. The first-order chi connectivity index (χ1) is 7.84. The molecule has 92 valence electrons. The van der Waals surface area contributed by atoms with Gasteiger partial charge < -0.3 is 10.5 Å². The Morgan fingerprint density at radius 2 is 1.76 bits per heavy atom. The third-order valence-corrected chi connectivity index (χ3v) is 2.45. The van der Waals surface area contributed by atoms with Crippen molar-refractivity contribution in [2.45, 2.75) is 20.8 Å². The van der Waals surface area contributed by atoms with Crippen LogP contribution in [-0.2, 0) is 4.79 Å². The molecule has 0 fully saturated rings. The summed E-state index contributed by atoms with van der Waals surface area (Å²) in [6.45, 7) is 5.60. The minimum absolute atomic E-state index is 0.0193. The average molecular weight is 233 g/mol. The Hall–Kier alpha value is -1.77. The van der Waals surface area contributed by atoms with E-state index in [-0.39, 0.29) is 5.78 Å². The molecule has 0 spiro atoms. The molecular formula is C14H19NO2. The maximum atomic E-state index is 11.8. The summed E-state index contributed by atoms with van der Waals surface area (Å²) in [6.07, 6.45) is 1.49. The van der Waals surface area contributed by atoms with Crippen molar-refractivity contribution in [1.82, 2.24) is 0 Å². The molecule has 0 aliphatic carbocycles. The Bertz CT molecular complexity index is 425. The number of nitrogens with two attached hydrogens (primary N) is 1. The van der Waals surface area contributed by atoms with Crippen molar-refractivity contribution < 1.29 is 9.53 Å². The van der Waals surface area contributed by atoms with E-state index in [2.05, 4.69) is 0 Å². The summed E-state index contributed by atoms with van der Waals surface area (Å²) in [6, 6.07) is 7.30. The minimum atomic E-state index is -0.406. The van der Waals surface area contributed by atoms with Gasteiger partial charge in [-0.15, -0.1) is 0 Å². The van der Waals surface area contributed by atoms with Crippen LogP contribution in [0.2, 0.25) is 0 Å². The van der Waals surface area contributed by atoms with Crippen LogP contribution in [-0.4, -0.2) is 12.9 Å². The second-order valence-electron chi connectivity index (χ2n) is 4.94. The van der Waals surface area contributed by atoms with E-state index in [0.717, 1.165) is 11.3 Å². The van der Waals surface area contributed by atoms with Gasteiger partial charge in [0.15, 0.2) is 5.78 Å². The van der Waals surface area contributed by atoms with E-state index in [9.17, 15) is 4.79 Å². The van der Waals surface area contributed by atoms with Crippen LogP contribution in [0.5, 0.6) is 5.75 Å². The van der Waals surface area contributed by atoms with Crippen LogP contribution < -0.4 is 10.5 Å². The van der Waals surface area contributed by atoms with Crippen molar-refractivity contribution in [3.05, 3.63) is 35.9 Å². The molecule has 1 aromatic rings. The van der Waals surface area contributed by atoms with Gasteiger partial charge in [-0.2, -0.15) is 0 Å². The van der Waals surface area contributed by atoms with Crippen LogP contribution in [0, 0.1) is 5.41 Å². The minimum Gasteiger partial charge on any atom is -0.497 e. The maximum Gasteiger partial charge on any atom is 0.163 e. The number of carbonyl (C=O) groups is 1. The summed E-state index contributed by atoms with van der Waals surface area (Å²) in [5.74, 6) is 0.787. The number of hydrogen-bond donors (Lipinski definition) is 1. The number of rotatable bonds is 3. The van der Waals surface area contributed by atoms with E-state index in [4.69, 9.17) is 10.5 Å². The zero-order valence-corrected chi connectivity index (χ0v) is 10.8. The van der Waals surface area contributed by atoms with Crippen molar-refractivity contribution in [2.24, 2.45) is 11.1 Å². The number of ether oxygens (including phenoxy) is 1. The molecule has 0 amide bonds. The van der Waals surface area contributed by atoms with Gasteiger partial charge in [0, 0.05) is 17.2 Å². The van der Waals surface area contributed by atoms with Gasteiger partial charge in [0.05, 0.1) is 7.11 Å². The predicted molar refractivity (Wildman–Crippen MR) is 69.6 cm³/mol. The first-order valence-electron chi connectivity index (χ1n) is 5.50. The van der Waals surface area contributed by atoms with Gasteiger partial charge in [-0.05, 0) is 29.8 Å². The normalized spacial score (nSPS) is 12.4. The molecule has 0 aliphatic rings. The van der Waals surface area contributed by atoms with Gasteiger partial charge in [0.25, 0.3) is 0 Å². The molecular weight excluding hydrogens is 214 g/mol. The van der Waals surface area contributed by atoms with Crippen molar-refractivity contribution in [3.63, 3.8) is 0 Å². The molecule has 0 atom stereocenters. The largest absolute Gasteiger partial charge is 0.497 e. The highest BCUT2D eigenvalue weighted by Crippen LogP contribution is 2.19. The summed E-state index contributed by atoms with van der Waals surface area (Å²) in [7, 11) is 1.61. The maximum absolute atomic E-state index is 11.8. The number of carbonyl (C=O) groups excluding carboxylic acids is 1. The highest BCUT2D eigenvalue weighted by Gasteiger charge is 2.19. The highest BCUT2D eigenvalue weighted by atomic mass is 16.5. The van der Waals surface area contributed by atoms with Gasteiger partial charge >= 0.3 is 0 Å². The number of allylic oxidation sites excluding steroid dienone is 1. The molecule has 0 saturated carbocycles. The number of methoxy groups -OCH3 is 1. The topological polar surface area (TPSA) is 52.3 Å². The highest BCUT2D eigenvalue weighted by molar-refractivity contribution is 5.99. The van der Waals surface area contributed by atoms with Gasteiger partial charge in [0.2, 0.25) is 0 Å². The average Bonchev–Trinajstić information content (AvgIpc) is 2.27. The van der Waals surface area contributed by atoms with E-state index in [0.29, 0.717) is 5.70 Å². The quantitative estimate of drug-likeness (QED) is 0.816. The number of benzene rings is 1. The van der Waals surface area contributed by atoms with Crippen molar-refractivity contribution in [1.29, 1.82) is 0 Å². The van der Waals surface area contributed by atoms with Gasteiger partial charge in [-0.25, -0.2) is 0 Å². The Labute approximate surface area is 102 Å². The Morgan fingerprint density at radius 3 is 2.18 bits per heavy atom. The fraction of sp³-hybridized carbons (Fsp3) is 0.357. The van der Waals surface area contributed by atoms with Crippen molar-refractivity contribution >= 4 is 11.5 Å². The predicted octanol–water partition coefficient (Wildman–Crippen LogP) is 2.61. The summed E-state index contributed by atoms with van der Waals surface area (Å²) >= 11 is 0. The van der Waals surface area contributed by atoms with Crippen LogP contribution >= 0.6 is 0 Å². The summed E-state index contributed by atoms with van der Waals surface area (Å²) in [5.41, 5.74) is 6.78. The van der Waals surface area contributed by atoms with Crippen molar-refractivity contribution in [2.75, 3.05) is 7.11 Å². The van der Waals surface area contributed by atoms with Crippen LogP contribution in [0.1, 0.15) is 26.3 Å². The summed E-state index contributed by atoms with van der Waals surface area (Å²) < 4.78 is 5.06. The Morgan fingerprint density at radius 1 is 1.24 bits per heavy atom. The third kappa shape index (κ3) is 3.63. The second-order valence-corrected chi connectivity index (χ2v) is 4.94. The van der Waals surface area contributed by atoms with Crippen LogP contribution in [0.4, 0.5) is 0 Å². The molecule has 3 nitrogen and oxygen atoms in total. The summed E-state index contributed by atoms with van der Waals surface area (Å²) in [5, 5.41) is 0. The van der Waals surface area contributed by atoms with Gasteiger partial charge in [0.1, 0.15) is 5.75 Å². The molecule has 0 bridgehead atoms. The van der Waals surface area contributed by atoms with E-state index in [1.807, 2.05) is 45.0 Å². The number of ketones is 1. The zero-order valence-electron chi connectivity index (χ0n) is 10.8. The lowest BCUT2D eigenvalue weighted by molar-refractivity contribution is -0.121. The molecule has 1 rings (SSSR count). The molecule has 0 aliphatic heterocycles. The van der Waals surface area contributed by atoms with Crippen LogP contribution in [0.15, 0.2) is 30.3 Å². The number of hydrogen-bond acceptors (Lipinski definition) is 3. The Balaban J connectivity index is 2.92. The van der Waals surface area contributed by atoms with E-state index < -0.39 is 5.41 Å². The SMILES string of the molecule is COc1ccc(/C(N)=C/C(=O)C(C)(C)C)cc1. The van der Waals surface area contributed by atoms with E-state index in [1.54, 1.807) is 7.11 Å². The molecule has 2 N–H and O–H groups in total. The molecule has 17 heavy (non-hydrogen) atoms. The van der Waals surface area contributed by atoms with E-state index >= 15 is 0 Å². The van der Waals surface area contributed by atoms with Crippen molar-refractivity contribution in [3.8, 4) is 5.75 Å². The zero-order chi connectivity index (χ0) is 13.1. The second kappa shape index (κ2) is 5.04. The molecule has 3 heteroatoms. The molecule has 1 aromatic carbocycles. The Kier molecular flexibility index (Phi) is 3.94. The molecule has 0 radical (unpaired) electrons. The van der Waals surface area contributed by atoms with Crippen LogP contribution in [0.25, 0.3) is 5.70 Å². The van der Waals surface area contributed by atoms with Crippen LogP contribution in [0.3, 0.4) is 0 Å². The molecule has 0 saturated heterocycles. The lowest BCUT2D eigenvalue weighted by Gasteiger charge is -2.14. The smallest absolute Gasteiger partial charge is 0.163 e. The third-order valence-electron chi connectivity index (χ3n) is 2.45. The fourth-order valence-electron chi connectivity index (χ4n) is 1.22. The van der Waals surface area contributed by atoms with Gasteiger partial charge in [-0.1, -0.05) is 20.8 Å². The molecule has 0 heterocycles. The standard InChI is InChI=1S/C14H19NO2/c1-14(2,3)13(16)9-12(15)10-5-7-11(17-4)8-6-10/h5-9H,15H2,1-4H3/b12-9-. The molecule has 0 aromatic heterocycles. The fourth-order valence-corrected chi connectivity index (χ4v) is 1.22. The molecule has 0 unspecified atom stereocenters. The van der Waals surface area contributed by atoms with Gasteiger partial charge in [-0.3, -0.25) is 4.79 Å². The lowest BCUT2D eigenvalue weighted by atomic mass is 9.90. The summed E-state index contributed by atoms with van der Waals surface area (Å²) in [4.78, 5) is 11.8. The first-order valence-corrected chi connectivity index (χ1v) is 5.50. The lowest BCUT2D eigenvalue weighted by Crippen LogP contribution is -2.18. The first kappa shape index (κ1) is 13.3.